The van der Waals surface area contributed by atoms with E-state index in [1.807, 2.05) is 6.07 Å². The van der Waals surface area contributed by atoms with Crippen LogP contribution in [-0.4, -0.2) is 47.5 Å². The number of ether oxygens (including phenoxy) is 2. The lowest BCUT2D eigenvalue weighted by atomic mass is 10.1. The predicted molar refractivity (Wildman–Crippen MR) is 93.7 cm³/mol. The van der Waals surface area contributed by atoms with E-state index >= 15 is 0 Å². The number of hydrogen-bond donors (Lipinski definition) is 1. The zero-order valence-electron chi connectivity index (χ0n) is 15.3. The van der Waals surface area contributed by atoms with E-state index in [1.165, 1.54) is 0 Å². The van der Waals surface area contributed by atoms with Crippen molar-refractivity contribution in [1.82, 2.24) is 10.2 Å². The standard InChI is InChI=1S/C19H24N2O5/c1-19(2,3)26-17(23)11-25-14-6-4-12-10-21(18(24)15(12)8-14)13-5-7-16(22)20-9-13/h4,6,8,13H,5,7,9-11H2,1-3H3,(H,20,22). The molecule has 2 amide bonds. The monoisotopic (exact) mass is 360 g/mol. The van der Waals surface area contributed by atoms with Crippen molar-refractivity contribution in [2.75, 3.05) is 13.2 Å². The third-order valence-corrected chi connectivity index (χ3v) is 4.37. The molecule has 2 aliphatic heterocycles. The van der Waals surface area contributed by atoms with E-state index in [4.69, 9.17) is 9.47 Å². The lowest BCUT2D eigenvalue weighted by Crippen LogP contribution is -2.48. The van der Waals surface area contributed by atoms with Gasteiger partial charge in [-0.05, 0) is 44.9 Å². The Morgan fingerprint density at radius 3 is 2.73 bits per heavy atom. The summed E-state index contributed by atoms with van der Waals surface area (Å²) in [4.78, 5) is 37.6. The summed E-state index contributed by atoms with van der Waals surface area (Å²) in [6.45, 7) is 6.19. The molecular formula is C19H24N2O5. The van der Waals surface area contributed by atoms with Gasteiger partial charge in [-0.25, -0.2) is 4.79 Å². The van der Waals surface area contributed by atoms with E-state index in [-0.39, 0.29) is 24.5 Å². The molecule has 0 bridgehead atoms. The van der Waals surface area contributed by atoms with Crippen molar-refractivity contribution in [3.8, 4) is 5.75 Å². The fourth-order valence-electron chi connectivity index (χ4n) is 3.19. The zero-order chi connectivity index (χ0) is 18.9. The molecule has 3 rings (SSSR count). The lowest BCUT2D eigenvalue weighted by Gasteiger charge is -2.31. The minimum Gasteiger partial charge on any atom is -0.482 e. The number of fused-ring (bicyclic) bond motifs is 1. The van der Waals surface area contributed by atoms with Crippen LogP contribution in [0.25, 0.3) is 0 Å². The third kappa shape index (κ3) is 4.15. The number of amides is 2. The number of piperidine rings is 1. The second kappa shape index (κ2) is 6.97. The highest BCUT2D eigenvalue weighted by atomic mass is 16.6. The quantitative estimate of drug-likeness (QED) is 0.825. The summed E-state index contributed by atoms with van der Waals surface area (Å²) in [6.07, 6.45) is 1.11. The topological polar surface area (TPSA) is 84.9 Å². The Balaban J connectivity index is 1.63. The van der Waals surface area contributed by atoms with Gasteiger partial charge in [0.2, 0.25) is 5.91 Å². The van der Waals surface area contributed by atoms with Crippen LogP contribution >= 0.6 is 0 Å². The first-order valence-electron chi connectivity index (χ1n) is 8.78. The molecule has 1 atom stereocenters. The molecule has 0 spiro atoms. The van der Waals surface area contributed by atoms with Crippen molar-refractivity contribution >= 4 is 17.8 Å². The summed E-state index contributed by atoms with van der Waals surface area (Å²) in [6, 6.07) is 5.28. The normalized spacial score (nSPS) is 19.8. The van der Waals surface area contributed by atoms with Crippen molar-refractivity contribution in [3.63, 3.8) is 0 Å². The minimum absolute atomic E-state index is 0.0127. The number of nitrogens with zero attached hydrogens (tertiary/aromatic N) is 1. The summed E-state index contributed by atoms with van der Waals surface area (Å²) >= 11 is 0. The van der Waals surface area contributed by atoms with Crippen molar-refractivity contribution in [3.05, 3.63) is 29.3 Å². The lowest BCUT2D eigenvalue weighted by molar-refractivity contribution is -0.157. The van der Waals surface area contributed by atoms with Crippen LogP contribution in [0.2, 0.25) is 0 Å². The highest BCUT2D eigenvalue weighted by Crippen LogP contribution is 2.29. The number of carbonyl (C=O) groups excluding carboxylic acids is 3. The van der Waals surface area contributed by atoms with E-state index < -0.39 is 11.6 Å². The Morgan fingerprint density at radius 1 is 1.31 bits per heavy atom. The number of esters is 1. The van der Waals surface area contributed by atoms with E-state index in [1.54, 1.807) is 37.8 Å². The van der Waals surface area contributed by atoms with Crippen LogP contribution in [0.15, 0.2) is 18.2 Å². The Labute approximate surface area is 152 Å². The molecule has 0 aromatic heterocycles. The van der Waals surface area contributed by atoms with Crippen molar-refractivity contribution in [1.29, 1.82) is 0 Å². The van der Waals surface area contributed by atoms with E-state index in [0.717, 1.165) is 5.56 Å². The minimum atomic E-state index is -0.565. The van der Waals surface area contributed by atoms with Crippen LogP contribution < -0.4 is 10.1 Å². The highest BCUT2D eigenvalue weighted by Gasteiger charge is 2.34. The van der Waals surface area contributed by atoms with Crippen LogP contribution in [0.4, 0.5) is 0 Å². The predicted octanol–water partition coefficient (Wildman–Crippen LogP) is 1.64. The molecule has 1 fully saturated rings. The molecular weight excluding hydrogens is 336 g/mol. The molecule has 2 heterocycles. The number of benzene rings is 1. The first-order chi connectivity index (χ1) is 12.2. The summed E-state index contributed by atoms with van der Waals surface area (Å²) < 4.78 is 10.7. The van der Waals surface area contributed by atoms with Gasteiger partial charge in [0.05, 0.1) is 6.04 Å². The first kappa shape index (κ1) is 18.2. The van der Waals surface area contributed by atoms with Gasteiger partial charge in [-0.1, -0.05) is 6.07 Å². The summed E-state index contributed by atoms with van der Waals surface area (Å²) in [7, 11) is 0. The second-order valence-corrected chi connectivity index (χ2v) is 7.62. The van der Waals surface area contributed by atoms with Crippen molar-refractivity contribution < 1.29 is 23.9 Å². The van der Waals surface area contributed by atoms with Gasteiger partial charge in [-0.3, -0.25) is 9.59 Å². The van der Waals surface area contributed by atoms with Gasteiger partial charge in [-0.2, -0.15) is 0 Å². The summed E-state index contributed by atoms with van der Waals surface area (Å²) in [5.74, 6) is -0.0299. The van der Waals surface area contributed by atoms with E-state index in [9.17, 15) is 14.4 Å². The molecule has 140 valence electrons. The SMILES string of the molecule is CC(C)(C)OC(=O)COc1ccc2c(c1)C(=O)N(C1CCC(=O)NC1)C2. The van der Waals surface area contributed by atoms with Crippen molar-refractivity contribution in [2.24, 2.45) is 0 Å². The second-order valence-electron chi connectivity index (χ2n) is 7.62. The van der Waals surface area contributed by atoms with Crippen LogP contribution in [0.5, 0.6) is 5.75 Å². The van der Waals surface area contributed by atoms with Crippen LogP contribution in [0.3, 0.4) is 0 Å². The molecule has 1 N–H and O–H groups in total. The molecule has 0 aliphatic carbocycles. The molecule has 1 aromatic rings. The van der Waals surface area contributed by atoms with Gasteiger partial charge in [0.25, 0.3) is 5.91 Å². The molecule has 7 heteroatoms. The molecule has 1 unspecified atom stereocenters. The van der Waals surface area contributed by atoms with Gasteiger partial charge in [0, 0.05) is 25.1 Å². The number of rotatable bonds is 4. The Hall–Kier alpha value is -2.57. The fraction of sp³-hybridized carbons (Fsp3) is 0.526. The van der Waals surface area contributed by atoms with Gasteiger partial charge in [-0.15, -0.1) is 0 Å². The molecule has 7 nitrogen and oxygen atoms in total. The van der Waals surface area contributed by atoms with Gasteiger partial charge < -0.3 is 19.7 Å². The molecule has 26 heavy (non-hydrogen) atoms. The van der Waals surface area contributed by atoms with Crippen LogP contribution in [0.1, 0.15) is 49.5 Å². The molecule has 2 aliphatic rings. The molecule has 1 saturated heterocycles. The van der Waals surface area contributed by atoms with Gasteiger partial charge in [0.1, 0.15) is 11.4 Å². The highest BCUT2D eigenvalue weighted by molar-refractivity contribution is 5.99. The van der Waals surface area contributed by atoms with Crippen molar-refractivity contribution in [2.45, 2.75) is 51.8 Å². The average Bonchev–Trinajstić information content (AvgIpc) is 2.89. The maximum atomic E-state index is 12.7. The maximum Gasteiger partial charge on any atom is 0.344 e. The maximum absolute atomic E-state index is 12.7. The average molecular weight is 360 g/mol. The Kier molecular flexibility index (Phi) is 4.89. The van der Waals surface area contributed by atoms with Crippen LogP contribution in [-0.2, 0) is 20.9 Å². The smallest absolute Gasteiger partial charge is 0.344 e. The Morgan fingerprint density at radius 2 is 2.08 bits per heavy atom. The third-order valence-electron chi connectivity index (χ3n) is 4.37. The number of nitrogens with one attached hydrogen (secondary N) is 1. The summed E-state index contributed by atoms with van der Waals surface area (Å²) in [5.41, 5.74) is 0.949. The molecule has 1 aromatic carbocycles. The zero-order valence-corrected chi connectivity index (χ0v) is 15.3. The van der Waals surface area contributed by atoms with Gasteiger partial charge in [0.15, 0.2) is 6.61 Å². The number of carbonyl (C=O) groups is 3. The van der Waals surface area contributed by atoms with E-state index in [0.29, 0.717) is 37.2 Å². The molecule has 0 saturated carbocycles. The van der Waals surface area contributed by atoms with Crippen LogP contribution in [0, 0.1) is 0 Å². The molecule has 0 radical (unpaired) electrons. The first-order valence-corrected chi connectivity index (χ1v) is 8.78. The van der Waals surface area contributed by atoms with E-state index in [2.05, 4.69) is 5.32 Å². The fourth-order valence-corrected chi connectivity index (χ4v) is 3.19. The number of hydrogen-bond acceptors (Lipinski definition) is 5. The van der Waals surface area contributed by atoms with Gasteiger partial charge >= 0.3 is 5.97 Å². The summed E-state index contributed by atoms with van der Waals surface area (Å²) in [5, 5.41) is 2.81. The Bertz CT molecular complexity index is 728. The largest absolute Gasteiger partial charge is 0.482 e.